The van der Waals surface area contributed by atoms with Gasteiger partial charge in [-0.1, -0.05) is 46.8 Å². The fourth-order valence-corrected chi connectivity index (χ4v) is 5.03. The molecule has 4 rings (SSSR count). The maximum Gasteiger partial charge on any atom is 0.234 e. The number of benzene rings is 1. The molecule has 0 unspecified atom stereocenters. The van der Waals surface area contributed by atoms with Gasteiger partial charge in [0.1, 0.15) is 16.1 Å². The Balaban J connectivity index is 1.47. The molecule has 0 atom stereocenters. The van der Waals surface area contributed by atoms with Crippen molar-refractivity contribution in [3.05, 3.63) is 35.1 Å². The van der Waals surface area contributed by atoms with Crippen molar-refractivity contribution in [3.8, 4) is 0 Å². The first-order chi connectivity index (χ1) is 13.6. The van der Waals surface area contributed by atoms with Crippen LogP contribution in [-0.4, -0.2) is 52.9 Å². The Kier molecular flexibility index (Phi) is 5.96. The predicted octanol–water partition coefficient (Wildman–Crippen LogP) is 3.62. The molecule has 7 nitrogen and oxygen atoms in total. The van der Waals surface area contributed by atoms with Crippen LogP contribution in [0.5, 0.6) is 0 Å². The second-order valence-electron chi connectivity index (χ2n) is 6.20. The SMILES string of the molecule is Cc1cccc(Cl)c1NC(=O)CSc1ncnc2nc(N3CCOCC3)sc12. The van der Waals surface area contributed by atoms with E-state index in [0.29, 0.717) is 29.6 Å². The fraction of sp³-hybridized carbons (Fsp3) is 0.333. The van der Waals surface area contributed by atoms with E-state index in [2.05, 4.69) is 25.2 Å². The summed E-state index contributed by atoms with van der Waals surface area (Å²) < 4.78 is 6.30. The number of fused-ring (bicyclic) bond motifs is 1. The first kappa shape index (κ1) is 19.4. The smallest absolute Gasteiger partial charge is 0.234 e. The van der Waals surface area contributed by atoms with Crippen LogP contribution in [0.25, 0.3) is 10.3 Å². The lowest BCUT2D eigenvalue weighted by Crippen LogP contribution is -2.36. The van der Waals surface area contributed by atoms with Gasteiger partial charge in [0, 0.05) is 13.1 Å². The second-order valence-corrected chi connectivity index (χ2v) is 8.54. The summed E-state index contributed by atoms with van der Waals surface area (Å²) in [5.74, 6) is 0.0903. The molecule has 3 heterocycles. The van der Waals surface area contributed by atoms with Crippen molar-refractivity contribution in [3.63, 3.8) is 0 Å². The van der Waals surface area contributed by atoms with Gasteiger partial charge in [-0.05, 0) is 18.6 Å². The Morgan fingerprint density at radius 3 is 2.96 bits per heavy atom. The van der Waals surface area contributed by atoms with Gasteiger partial charge in [-0.15, -0.1) is 0 Å². The molecule has 1 aliphatic rings. The maximum absolute atomic E-state index is 12.4. The van der Waals surface area contributed by atoms with Gasteiger partial charge in [-0.3, -0.25) is 4.79 Å². The minimum atomic E-state index is -0.133. The van der Waals surface area contributed by atoms with Crippen molar-refractivity contribution >= 4 is 61.8 Å². The number of rotatable bonds is 5. The summed E-state index contributed by atoms with van der Waals surface area (Å²) in [5, 5.41) is 5.08. The van der Waals surface area contributed by atoms with Gasteiger partial charge in [-0.2, -0.15) is 4.98 Å². The van der Waals surface area contributed by atoms with Crippen molar-refractivity contribution < 1.29 is 9.53 Å². The van der Waals surface area contributed by atoms with E-state index in [9.17, 15) is 4.79 Å². The molecule has 10 heteroatoms. The Hall–Kier alpha value is -1.94. The number of ether oxygens (including phenoxy) is 1. The predicted molar refractivity (Wildman–Crippen MR) is 114 cm³/mol. The highest BCUT2D eigenvalue weighted by Crippen LogP contribution is 2.34. The third-order valence-electron chi connectivity index (χ3n) is 4.26. The summed E-state index contributed by atoms with van der Waals surface area (Å²) in [5.41, 5.74) is 2.23. The van der Waals surface area contributed by atoms with Crippen molar-refractivity contribution in [1.82, 2.24) is 15.0 Å². The summed E-state index contributed by atoms with van der Waals surface area (Å²) in [6.45, 7) is 4.94. The van der Waals surface area contributed by atoms with E-state index >= 15 is 0 Å². The quantitative estimate of drug-likeness (QED) is 0.484. The van der Waals surface area contributed by atoms with E-state index < -0.39 is 0 Å². The molecule has 3 aromatic rings. The lowest BCUT2D eigenvalue weighted by atomic mass is 10.2. The molecule has 1 N–H and O–H groups in total. The molecule has 0 bridgehead atoms. The molecular weight excluding hydrogens is 418 g/mol. The molecule has 1 saturated heterocycles. The zero-order chi connectivity index (χ0) is 19.5. The van der Waals surface area contributed by atoms with Crippen LogP contribution in [0.1, 0.15) is 5.56 Å². The highest BCUT2D eigenvalue weighted by Gasteiger charge is 2.18. The largest absolute Gasteiger partial charge is 0.378 e. The summed E-state index contributed by atoms with van der Waals surface area (Å²) in [6, 6.07) is 5.53. The lowest BCUT2D eigenvalue weighted by Gasteiger charge is -2.25. The molecule has 1 fully saturated rings. The van der Waals surface area contributed by atoms with E-state index in [0.717, 1.165) is 33.5 Å². The average molecular weight is 436 g/mol. The number of nitrogens with zero attached hydrogens (tertiary/aromatic N) is 4. The van der Waals surface area contributed by atoms with Crippen LogP contribution in [0.3, 0.4) is 0 Å². The molecule has 1 aromatic carbocycles. The third-order valence-corrected chi connectivity index (χ3v) is 6.80. The van der Waals surface area contributed by atoms with Gasteiger partial charge < -0.3 is 15.0 Å². The number of aromatic nitrogens is 3. The number of carbonyl (C=O) groups is 1. The van der Waals surface area contributed by atoms with Gasteiger partial charge in [0.05, 0.1) is 29.7 Å². The van der Waals surface area contributed by atoms with Crippen LogP contribution in [0.15, 0.2) is 29.6 Å². The molecule has 0 saturated carbocycles. The van der Waals surface area contributed by atoms with E-state index in [4.69, 9.17) is 16.3 Å². The van der Waals surface area contributed by atoms with Gasteiger partial charge in [0.25, 0.3) is 0 Å². The van der Waals surface area contributed by atoms with E-state index in [1.807, 2.05) is 19.1 Å². The van der Waals surface area contributed by atoms with Crippen LogP contribution >= 0.6 is 34.7 Å². The highest BCUT2D eigenvalue weighted by atomic mass is 35.5. The topological polar surface area (TPSA) is 80.2 Å². The summed E-state index contributed by atoms with van der Waals surface area (Å²) in [6.07, 6.45) is 1.49. The van der Waals surface area contributed by atoms with Crippen LogP contribution < -0.4 is 10.2 Å². The fourth-order valence-electron chi connectivity index (χ4n) is 2.81. The number of para-hydroxylation sites is 1. The number of carbonyl (C=O) groups excluding carboxylic acids is 1. The van der Waals surface area contributed by atoms with Gasteiger partial charge in [0.2, 0.25) is 5.91 Å². The average Bonchev–Trinajstić information content (AvgIpc) is 3.15. The number of aryl methyl sites for hydroxylation is 1. The zero-order valence-corrected chi connectivity index (χ0v) is 17.5. The molecule has 0 radical (unpaired) electrons. The van der Waals surface area contributed by atoms with Crippen molar-refractivity contribution in [1.29, 1.82) is 0 Å². The maximum atomic E-state index is 12.4. The molecule has 0 spiro atoms. The number of anilines is 2. The number of thioether (sulfide) groups is 1. The molecule has 146 valence electrons. The highest BCUT2D eigenvalue weighted by molar-refractivity contribution is 8.00. The summed E-state index contributed by atoms with van der Waals surface area (Å²) in [4.78, 5) is 27.9. The lowest BCUT2D eigenvalue weighted by molar-refractivity contribution is -0.113. The number of hydrogen-bond donors (Lipinski definition) is 1. The Morgan fingerprint density at radius 2 is 2.18 bits per heavy atom. The number of nitrogens with one attached hydrogen (secondary N) is 1. The Morgan fingerprint density at radius 1 is 1.36 bits per heavy atom. The van der Waals surface area contributed by atoms with Crippen LogP contribution in [0, 0.1) is 6.92 Å². The van der Waals surface area contributed by atoms with Crippen molar-refractivity contribution in [2.45, 2.75) is 11.9 Å². The van der Waals surface area contributed by atoms with E-state index in [-0.39, 0.29) is 11.7 Å². The van der Waals surface area contributed by atoms with Crippen molar-refractivity contribution in [2.24, 2.45) is 0 Å². The monoisotopic (exact) mass is 435 g/mol. The molecule has 2 aromatic heterocycles. The molecular formula is C18H18ClN5O2S2. The molecule has 1 aliphatic heterocycles. The normalized spacial score (nSPS) is 14.4. The minimum Gasteiger partial charge on any atom is -0.378 e. The zero-order valence-electron chi connectivity index (χ0n) is 15.1. The van der Waals surface area contributed by atoms with Crippen LogP contribution in [0.2, 0.25) is 5.02 Å². The number of halogens is 1. The number of thiazole rings is 1. The first-order valence-corrected chi connectivity index (χ1v) is 10.9. The van der Waals surface area contributed by atoms with Crippen LogP contribution in [-0.2, 0) is 9.53 Å². The van der Waals surface area contributed by atoms with Gasteiger partial charge in [-0.25, -0.2) is 9.97 Å². The van der Waals surface area contributed by atoms with Crippen LogP contribution in [0.4, 0.5) is 10.8 Å². The van der Waals surface area contributed by atoms with Gasteiger partial charge in [0.15, 0.2) is 10.8 Å². The second kappa shape index (κ2) is 8.60. The van der Waals surface area contributed by atoms with Crippen molar-refractivity contribution in [2.75, 3.05) is 42.3 Å². The number of hydrogen-bond acceptors (Lipinski definition) is 8. The summed E-state index contributed by atoms with van der Waals surface area (Å²) >= 11 is 9.10. The summed E-state index contributed by atoms with van der Waals surface area (Å²) in [7, 11) is 0. The Bertz CT molecular complexity index is 987. The molecule has 0 aliphatic carbocycles. The van der Waals surface area contributed by atoms with Gasteiger partial charge >= 0.3 is 0 Å². The third kappa shape index (κ3) is 4.22. The Labute approximate surface area is 175 Å². The number of amides is 1. The standard InChI is InChI=1S/C18H18ClN5O2S2/c1-11-3-2-4-12(19)14(11)22-13(25)9-27-17-15-16(20-10-21-17)23-18(28-15)24-5-7-26-8-6-24/h2-4,10H,5-9H2,1H3,(H,22,25). The minimum absolute atomic E-state index is 0.133. The van der Waals surface area contributed by atoms with E-state index in [1.165, 1.54) is 18.1 Å². The molecule has 1 amide bonds. The molecule has 28 heavy (non-hydrogen) atoms. The number of morpholine rings is 1. The van der Waals surface area contributed by atoms with E-state index in [1.54, 1.807) is 17.4 Å². The first-order valence-electron chi connectivity index (χ1n) is 8.74.